The number of carbonyl (C=O) groups excluding carboxylic acids is 2. The minimum atomic E-state index is -0.996. The molecule has 1 rings (SSSR count). The van der Waals surface area contributed by atoms with Gasteiger partial charge in [0.05, 0.1) is 0 Å². The molecule has 1 atom stereocenters. The molecule has 1 aromatic rings. The molecule has 0 fully saturated rings. The molecular formula is C13H18N2O3. The molecule has 0 bridgehead atoms. The van der Waals surface area contributed by atoms with Crippen molar-refractivity contribution < 1.29 is 14.7 Å². The molecule has 1 unspecified atom stereocenters. The number of benzene rings is 1. The number of nitrogens with one attached hydrogen (secondary N) is 2. The lowest BCUT2D eigenvalue weighted by Crippen LogP contribution is -2.35. The number of aliphatic hydroxyl groups excluding tert-OH is 1. The molecule has 1 aromatic carbocycles. The molecule has 0 saturated heterocycles. The Morgan fingerprint density at radius 2 is 1.78 bits per heavy atom. The van der Waals surface area contributed by atoms with Crippen molar-refractivity contribution in [1.29, 1.82) is 0 Å². The van der Waals surface area contributed by atoms with E-state index in [0.717, 1.165) is 0 Å². The standard InChI is InChI=1S/C13H18N2O3/c1-10(16)12(17)14-8-5-9-15-13(18)11-6-3-2-4-7-11/h2-4,6-7,10,16H,5,8-9H2,1H3,(H,14,17)(H,15,18). The molecule has 0 aromatic heterocycles. The van der Waals surface area contributed by atoms with Crippen molar-refractivity contribution in [2.24, 2.45) is 0 Å². The molecule has 0 aliphatic heterocycles. The Hall–Kier alpha value is -1.88. The highest BCUT2D eigenvalue weighted by Gasteiger charge is 2.07. The van der Waals surface area contributed by atoms with Crippen LogP contribution in [0.1, 0.15) is 23.7 Å². The SMILES string of the molecule is CC(O)C(=O)NCCCNC(=O)c1ccccc1. The van der Waals surface area contributed by atoms with E-state index >= 15 is 0 Å². The number of hydrogen-bond donors (Lipinski definition) is 3. The highest BCUT2D eigenvalue weighted by Crippen LogP contribution is 1.97. The Bertz CT molecular complexity index is 390. The Morgan fingerprint density at radius 1 is 1.17 bits per heavy atom. The van der Waals surface area contributed by atoms with Gasteiger partial charge in [0, 0.05) is 18.7 Å². The van der Waals surface area contributed by atoms with E-state index in [0.29, 0.717) is 25.1 Å². The van der Waals surface area contributed by atoms with Crippen molar-refractivity contribution in [3.63, 3.8) is 0 Å². The summed E-state index contributed by atoms with van der Waals surface area (Å²) in [6.45, 7) is 2.32. The van der Waals surface area contributed by atoms with Crippen LogP contribution in [-0.2, 0) is 4.79 Å². The zero-order valence-corrected chi connectivity index (χ0v) is 10.3. The number of rotatable bonds is 6. The number of amides is 2. The smallest absolute Gasteiger partial charge is 0.251 e. The third kappa shape index (κ3) is 4.97. The Kier molecular flexibility index (Phi) is 5.87. The molecule has 0 heterocycles. The molecule has 0 radical (unpaired) electrons. The number of aliphatic hydroxyl groups is 1. The van der Waals surface area contributed by atoms with Crippen LogP contribution in [0.5, 0.6) is 0 Å². The minimum Gasteiger partial charge on any atom is -0.384 e. The fourth-order valence-electron chi connectivity index (χ4n) is 1.34. The molecule has 2 amide bonds. The van der Waals surface area contributed by atoms with Crippen LogP contribution >= 0.6 is 0 Å². The first-order chi connectivity index (χ1) is 8.61. The fourth-order valence-corrected chi connectivity index (χ4v) is 1.34. The number of carbonyl (C=O) groups is 2. The fraction of sp³-hybridized carbons (Fsp3) is 0.385. The van der Waals surface area contributed by atoms with Gasteiger partial charge in [-0.05, 0) is 25.5 Å². The van der Waals surface area contributed by atoms with E-state index in [2.05, 4.69) is 10.6 Å². The van der Waals surface area contributed by atoms with Crippen molar-refractivity contribution in [3.8, 4) is 0 Å². The third-order valence-electron chi connectivity index (χ3n) is 2.35. The van der Waals surface area contributed by atoms with Gasteiger partial charge in [-0.1, -0.05) is 18.2 Å². The summed E-state index contributed by atoms with van der Waals surface area (Å²) in [7, 11) is 0. The van der Waals surface area contributed by atoms with E-state index in [1.165, 1.54) is 6.92 Å². The predicted molar refractivity (Wildman–Crippen MR) is 68.1 cm³/mol. The van der Waals surface area contributed by atoms with Gasteiger partial charge in [-0.3, -0.25) is 9.59 Å². The van der Waals surface area contributed by atoms with Crippen molar-refractivity contribution in [2.45, 2.75) is 19.4 Å². The summed E-state index contributed by atoms with van der Waals surface area (Å²) in [6, 6.07) is 8.94. The van der Waals surface area contributed by atoms with Crippen LogP contribution in [-0.4, -0.2) is 36.1 Å². The zero-order chi connectivity index (χ0) is 13.4. The second-order valence-corrected chi connectivity index (χ2v) is 3.94. The second-order valence-electron chi connectivity index (χ2n) is 3.94. The topological polar surface area (TPSA) is 78.4 Å². The molecule has 5 nitrogen and oxygen atoms in total. The van der Waals surface area contributed by atoms with Gasteiger partial charge in [0.2, 0.25) is 5.91 Å². The quantitative estimate of drug-likeness (QED) is 0.636. The normalized spacial score (nSPS) is 11.7. The Morgan fingerprint density at radius 3 is 2.39 bits per heavy atom. The third-order valence-corrected chi connectivity index (χ3v) is 2.35. The molecule has 0 aliphatic rings. The largest absolute Gasteiger partial charge is 0.384 e. The first-order valence-electron chi connectivity index (χ1n) is 5.90. The molecule has 0 spiro atoms. The Balaban J connectivity index is 2.15. The van der Waals surface area contributed by atoms with Crippen molar-refractivity contribution in [2.75, 3.05) is 13.1 Å². The van der Waals surface area contributed by atoms with Crippen LogP contribution in [0.25, 0.3) is 0 Å². The first-order valence-corrected chi connectivity index (χ1v) is 5.90. The van der Waals surface area contributed by atoms with E-state index in [9.17, 15) is 9.59 Å². The molecule has 18 heavy (non-hydrogen) atoms. The van der Waals surface area contributed by atoms with Crippen LogP contribution < -0.4 is 10.6 Å². The average molecular weight is 250 g/mol. The van der Waals surface area contributed by atoms with Crippen LogP contribution in [0.4, 0.5) is 0 Å². The van der Waals surface area contributed by atoms with E-state index < -0.39 is 12.0 Å². The summed E-state index contributed by atoms with van der Waals surface area (Å²) in [4.78, 5) is 22.6. The number of hydrogen-bond acceptors (Lipinski definition) is 3. The molecule has 0 aliphatic carbocycles. The van der Waals surface area contributed by atoms with Gasteiger partial charge in [-0.25, -0.2) is 0 Å². The minimum absolute atomic E-state index is 0.127. The zero-order valence-electron chi connectivity index (χ0n) is 10.3. The lowest BCUT2D eigenvalue weighted by atomic mass is 10.2. The van der Waals surface area contributed by atoms with Gasteiger partial charge in [0.1, 0.15) is 6.10 Å². The van der Waals surface area contributed by atoms with Gasteiger partial charge in [0.25, 0.3) is 5.91 Å². The monoisotopic (exact) mass is 250 g/mol. The molecule has 5 heteroatoms. The van der Waals surface area contributed by atoms with E-state index in [1.54, 1.807) is 24.3 Å². The molecule has 98 valence electrons. The van der Waals surface area contributed by atoms with E-state index in [1.807, 2.05) is 6.07 Å². The summed E-state index contributed by atoms with van der Waals surface area (Å²) < 4.78 is 0. The van der Waals surface area contributed by atoms with E-state index in [-0.39, 0.29) is 5.91 Å². The lowest BCUT2D eigenvalue weighted by molar-refractivity contribution is -0.128. The predicted octanol–water partition coefficient (Wildman–Crippen LogP) is 0.303. The lowest BCUT2D eigenvalue weighted by Gasteiger charge is -2.08. The molecular weight excluding hydrogens is 232 g/mol. The summed E-state index contributed by atoms with van der Waals surface area (Å²) in [6.07, 6.45) is -0.374. The van der Waals surface area contributed by atoms with Gasteiger partial charge >= 0.3 is 0 Å². The van der Waals surface area contributed by atoms with E-state index in [4.69, 9.17) is 5.11 Å². The van der Waals surface area contributed by atoms with Crippen LogP contribution in [0.2, 0.25) is 0 Å². The van der Waals surface area contributed by atoms with Gasteiger partial charge in [-0.15, -0.1) is 0 Å². The summed E-state index contributed by atoms with van der Waals surface area (Å²) >= 11 is 0. The average Bonchev–Trinajstić information content (AvgIpc) is 2.38. The maximum absolute atomic E-state index is 11.6. The van der Waals surface area contributed by atoms with Crippen molar-refractivity contribution in [1.82, 2.24) is 10.6 Å². The van der Waals surface area contributed by atoms with Crippen LogP contribution in [0.15, 0.2) is 30.3 Å². The van der Waals surface area contributed by atoms with Crippen LogP contribution in [0, 0.1) is 0 Å². The Labute approximate surface area is 106 Å². The highest BCUT2D eigenvalue weighted by molar-refractivity contribution is 5.94. The van der Waals surface area contributed by atoms with Crippen molar-refractivity contribution in [3.05, 3.63) is 35.9 Å². The van der Waals surface area contributed by atoms with Crippen molar-refractivity contribution >= 4 is 11.8 Å². The highest BCUT2D eigenvalue weighted by atomic mass is 16.3. The molecule has 0 saturated carbocycles. The summed E-state index contributed by atoms with van der Waals surface area (Å²) in [5.74, 6) is -0.526. The summed E-state index contributed by atoms with van der Waals surface area (Å²) in [5, 5.41) is 14.2. The maximum atomic E-state index is 11.6. The van der Waals surface area contributed by atoms with Gasteiger partial charge < -0.3 is 15.7 Å². The summed E-state index contributed by atoms with van der Waals surface area (Å²) in [5.41, 5.74) is 0.616. The van der Waals surface area contributed by atoms with Gasteiger partial charge in [0.15, 0.2) is 0 Å². The first kappa shape index (κ1) is 14.2. The maximum Gasteiger partial charge on any atom is 0.251 e. The second kappa shape index (κ2) is 7.45. The van der Waals surface area contributed by atoms with Gasteiger partial charge in [-0.2, -0.15) is 0 Å². The molecule has 3 N–H and O–H groups in total. The van der Waals surface area contributed by atoms with Crippen LogP contribution in [0.3, 0.4) is 0 Å².